The standard InChI is InChI=1S/C14H14ClFN2O/c1-9-4-3-5-11(14(9)16)12(15)6-10-7-13(19-2)18-8-17-10/h3-5,7-8,12H,6H2,1-2H3. The van der Waals surface area contributed by atoms with Gasteiger partial charge in [0, 0.05) is 23.7 Å². The number of halogens is 2. The van der Waals surface area contributed by atoms with E-state index in [4.69, 9.17) is 16.3 Å². The first-order chi connectivity index (χ1) is 9.11. The molecule has 1 heterocycles. The lowest BCUT2D eigenvalue weighted by Gasteiger charge is -2.12. The Hall–Kier alpha value is -1.68. The number of alkyl halides is 1. The Morgan fingerprint density at radius 3 is 2.89 bits per heavy atom. The molecule has 0 amide bonds. The van der Waals surface area contributed by atoms with Gasteiger partial charge in [-0.25, -0.2) is 14.4 Å². The highest BCUT2D eigenvalue weighted by Crippen LogP contribution is 2.28. The van der Waals surface area contributed by atoms with Crippen LogP contribution in [0.3, 0.4) is 0 Å². The molecule has 0 saturated heterocycles. The summed E-state index contributed by atoms with van der Waals surface area (Å²) in [5, 5.41) is -0.473. The van der Waals surface area contributed by atoms with Crippen molar-refractivity contribution in [2.24, 2.45) is 0 Å². The summed E-state index contributed by atoms with van der Waals surface area (Å²) in [4.78, 5) is 8.03. The van der Waals surface area contributed by atoms with E-state index in [-0.39, 0.29) is 5.82 Å². The summed E-state index contributed by atoms with van der Waals surface area (Å²) in [7, 11) is 1.53. The third-order valence-electron chi connectivity index (χ3n) is 2.86. The molecule has 1 unspecified atom stereocenters. The van der Waals surface area contributed by atoms with Crippen LogP contribution in [0.15, 0.2) is 30.6 Å². The first-order valence-electron chi connectivity index (χ1n) is 5.86. The van der Waals surface area contributed by atoms with E-state index in [1.54, 1.807) is 31.2 Å². The number of benzene rings is 1. The van der Waals surface area contributed by atoms with Gasteiger partial charge in [-0.05, 0) is 12.5 Å². The van der Waals surface area contributed by atoms with Gasteiger partial charge in [-0.15, -0.1) is 11.6 Å². The van der Waals surface area contributed by atoms with E-state index >= 15 is 0 Å². The summed E-state index contributed by atoms with van der Waals surface area (Å²) < 4.78 is 19.0. The predicted octanol–water partition coefficient (Wildman–Crippen LogP) is 3.46. The van der Waals surface area contributed by atoms with Gasteiger partial charge in [0.25, 0.3) is 0 Å². The molecule has 0 spiro atoms. The highest BCUT2D eigenvalue weighted by Gasteiger charge is 2.16. The molecule has 0 bridgehead atoms. The fourth-order valence-corrected chi connectivity index (χ4v) is 2.13. The van der Waals surface area contributed by atoms with Crippen LogP contribution in [0.2, 0.25) is 0 Å². The Balaban J connectivity index is 2.20. The summed E-state index contributed by atoms with van der Waals surface area (Å²) in [6.07, 6.45) is 1.82. The zero-order valence-corrected chi connectivity index (χ0v) is 11.5. The minimum Gasteiger partial charge on any atom is -0.481 e. The Morgan fingerprint density at radius 2 is 2.16 bits per heavy atom. The van der Waals surface area contributed by atoms with E-state index in [9.17, 15) is 4.39 Å². The molecule has 5 heteroatoms. The van der Waals surface area contributed by atoms with Gasteiger partial charge in [-0.1, -0.05) is 18.2 Å². The lowest BCUT2D eigenvalue weighted by Crippen LogP contribution is -2.03. The number of aromatic nitrogens is 2. The van der Waals surface area contributed by atoms with Gasteiger partial charge in [0.15, 0.2) is 0 Å². The monoisotopic (exact) mass is 280 g/mol. The molecule has 0 radical (unpaired) electrons. The third-order valence-corrected chi connectivity index (χ3v) is 3.24. The van der Waals surface area contributed by atoms with Crippen LogP contribution in [-0.2, 0) is 6.42 Å². The predicted molar refractivity (Wildman–Crippen MR) is 72.0 cm³/mol. The zero-order chi connectivity index (χ0) is 13.8. The summed E-state index contributed by atoms with van der Waals surface area (Å²) in [5.74, 6) is 0.210. The summed E-state index contributed by atoms with van der Waals surface area (Å²) in [6, 6.07) is 6.90. The van der Waals surface area contributed by atoms with Crippen LogP contribution in [0.4, 0.5) is 4.39 Å². The van der Waals surface area contributed by atoms with Crippen LogP contribution in [-0.4, -0.2) is 17.1 Å². The molecule has 0 aliphatic carbocycles. The van der Waals surface area contributed by atoms with Crippen molar-refractivity contribution in [2.75, 3.05) is 7.11 Å². The molecule has 2 rings (SSSR count). The number of hydrogen-bond donors (Lipinski definition) is 0. The Bertz CT molecular complexity index is 577. The Labute approximate surface area is 116 Å². The van der Waals surface area contributed by atoms with Crippen LogP contribution in [0.5, 0.6) is 5.88 Å². The van der Waals surface area contributed by atoms with E-state index in [2.05, 4.69) is 9.97 Å². The van der Waals surface area contributed by atoms with Crippen molar-refractivity contribution in [1.29, 1.82) is 0 Å². The highest BCUT2D eigenvalue weighted by atomic mass is 35.5. The second-order valence-corrected chi connectivity index (χ2v) is 4.73. The molecule has 0 saturated carbocycles. The molecule has 0 fully saturated rings. The summed E-state index contributed by atoms with van der Waals surface area (Å²) in [6.45, 7) is 1.72. The van der Waals surface area contributed by atoms with E-state index in [1.807, 2.05) is 0 Å². The minimum absolute atomic E-state index is 0.261. The van der Waals surface area contributed by atoms with Crippen molar-refractivity contribution >= 4 is 11.6 Å². The fraction of sp³-hybridized carbons (Fsp3) is 0.286. The average molecular weight is 281 g/mol. The van der Waals surface area contributed by atoms with Crippen molar-refractivity contribution in [3.63, 3.8) is 0 Å². The lowest BCUT2D eigenvalue weighted by molar-refractivity contribution is 0.396. The second-order valence-electron chi connectivity index (χ2n) is 4.20. The molecule has 3 nitrogen and oxygen atoms in total. The van der Waals surface area contributed by atoms with Gasteiger partial charge in [0.05, 0.1) is 12.5 Å². The average Bonchev–Trinajstić information content (AvgIpc) is 2.42. The number of ether oxygens (including phenoxy) is 1. The number of aryl methyl sites for hydroxylation is 1. The van der Waals surface area contributed by atoms with Crippen LogP contribution >= 0.6 is 11.6 Å². The quantitative estimate of drug-likeness (QED) is 0.805. The van der Waals surface area contributed by atoms with Gasteiger partial charge < -0.3 is 4.74 Å². The van der Waals surface area contributed by atoms with Gasteiger partial charge in [-0.3, -0.25) is 0 Å². The molecule has 2 aromatic rings. The Morgan fingerprint density at radius 1 is 1.37 bits per heavy atom. The largest absolute Gasteiger partial charge is 0.481 e. The maximum Gasteiger partial charge on any atom is 0.216 e. The molecule has 1 aromatic heterocycles. The molecule has 19 heavy (non-hydrogen) atoms. The first kappa shape index (κ1) is 13.7. The van der Waals surface area contributed by atoms with Gasteiger partial charge in [0.2, 0.25) is 5.88 Å². The molecule has 0 N–H and O–H groups in total. The number of rotatable bonds is 4. The lowest BCUT2D eigenvalue weighted by atomic mass is 10.0. The molecule has 100 valence electrons. The minimum atomic E-state index is -0.473. The maximum atomic E-state index is 14.0. The highest BCUT2D eigenvalue weighted by molar-refractivity contribution is 6.20. The van der Waals surface area contributed by atoms with Crippen molar-refractivity contribution in [3.05, 3.63) is 53.2 Å². The molecule has 0 aliphatic rings. The van der Waals surface area contributed by atoms with Crippen LogP contribution in [0.25, 0.3) is 0 Å². The Kier molecular flexibility index (Phi) is 4.32. The molecular formula is C14H14ClFN2O. The van der Waals surface area contributed by atoms with E-state index in [0.29, 0.717) is 29.1 Å². The van der Waals surface area contributed by atoms with Crippen molar-refractivity contribution < 1.29 is 9.13 Å². The van der Waals surface area contributed by atoms with E-state index < -0.39 is 5.38 Å². The molecular weight excluding hydrogens is 267 g/mol. The zero-order valence-electron chi connectivity index (χ0n) is 10.7. The molecule has 1 aromatic carbocycles. The smallest absolute Gasteiger partial charge is 0.216 e. The van der Waals surface area contributed by atoms with Crippen LogP contribution in [0, 0.1) is 12.7 Å². The van der Waals surface area contributed by atoms with E-state index in [0.717, 1.165) is 0 Å². The number of hydrogen-bond acceptors (Lipinski definition) is 3. The molecule has 1 atom stereocenters. The van der Waals surface area contributed by atoms with Crippen molar-refractivity contribution in [1.82, 2.24) is 9.97 Å². The maximum absolute atomic E-state index is 14.0. The molecule has 0 aliphatic heterocycles. The van der Waals surface area contributed by atoms with E-state index in [1.165, 1.54) is 13.4 Å². The fourth-order valence-electron chi connectivity index (χ4n) is 1.81. The normalized spacial score (nSPS) is 12.2. The number of methoxy groups -OCH3 is 1. The topological polar surface area (TPSA) is 35.0 Å². The first-order valence-corrected chi connectivity index (χ1v) is 6.29. The van der Waals surface area contributed by atoms with Gasteiger partial charge in [0.1, 0.15) is 12.1 Å². The van der Waals surface area contributed by atoms with Crippen molar-refractivity contribution in [3.8, 4) is 5.88 Å². The second kappa shape index (κ2) is 5.97. The van der Waals surface area contributed by atoms with Gasteiger partial charge >= 0.3 is 0 Å². The van der Waals surface area contributed by atoms with Crippen LogP contribution in [0.1, 0.15) is 22.2 Å². The number of nitrogens with zero attached hydrogens (tertiary/aromatic N) is 2. The SMILES string of the molecule is COc1cc(CC(Cl)c2cccc(C)c2F)ncn1. The van der Waals surface area contributed by atoms with Gasteiger partial charge in [-0.2, -0.15) is 0 Å². The summed E-state index contributed by atoms with van der Waals surface area (Å²) in [5.41, 5.74) is 1.79. The third kappa shape index (κ3) is 3.20. The van der Waals surface area contributed by atoms with Crippen molar-refractivity contribution in [2.45, 2.75) is 18.7 Å². The van der Waals surface area contributed by atoms with Crippen LogP contribution < -0.4 is 4.74 Å². The summed E-state index contributed by atoms with van der Waals surface area (Å²) >= 11 is 6.27.